The Morgan fingerprint density at radius 2 is 1.78 bits per heavy atom. The average Bonchev–Trinajstić information content (AvgIpc) is 2.69. The number of rotatable bonds is 5. The first-order valence-corrected chi connectivity index (χ1v) is 9.03. The number of amides is 1. The number of carboxylic acids is 1. The van der Waals surface area contributed by atoms with E-state index in [1.165, 1.54) is 12.1 Å². The summed E-state index contributed by atoms with van der Waals surface area (Å²) in [6, 6.07) is 14.0. The van der Waals surface area contributed by atoms with Crippen LogP contribution in [-0.4, -0.2) is 17.2 Å². The largest absolute Gasteiger partial charge is 0.481 e. The zero-order chi connectivity index (χ0) is 19.2. The van der Waals surface area contributed by atoms with E-state index in [4.69, 9.17) is 9.84 Å². The third-order valence-corrected chi connectivity index (χ3v) is 4.99. The highest BCUT2D eigenvalue weighted by Crippen LogP contribution is 2.36. The van der Waals surface area contributed by atoms with Crippen LogP contribution in [0.1, 0.15) is 42.7 Å². The van der Waals surface area contributed by atoms with Crippen LogP contribution < -0.4 is 5.32 Å². The van der Waals surface area contributed by atoms with E-state index in [2.05, 4.69) is 5.32 Å². The number of aliphatic carboxylic acids is 1. The van der Waals surface area contributed by atoms with Crippen molar-refractivity contribution in [3.8, 4) is 0 Å². The second-order valence-corrected chi connectivity index (χ2v) is 6.81. The maximum Gasteiger partial charge on any atom is 0.412 e. The quantitative estimate of drug-likeness (QED) is 0.781. The Balaban J connectivity index is 1.55. The van der Waals surface area contributed by atoms with Crippen molar-refractivity contribution in [3.63, 3.8) is 0 Å². The number of anilines is 1. The lowest BCUT2D eigenvalue weighted by molar-refractivity contribution is -0.142. The molecule has 0 unspecified atom stereocenters. The lowest BCUT2D eigenvalue weighted by Gasteiger charge is -2.26. The molecule has 142 valence electrons. The van der Waals surface area contributed by atoms with Gasteiger partial charge in [0.1, 0.15) is 12.4 Å². The Morgan fingerprint density at radius 1 is 1.07 bits per heavy atom. The summed E-state index contributed by atoms with van der Waals surface area (Å²) in [5.41, 5.74) is 1.75. The SMILES string of the molecule is O=C(Nc1ccc([C@H]2CC[C@@H](C(=O)O)CC2)cc1F)OCc1ccccc1. The van der Waals surface area contributed by atoms with Gasteiger partial charge in [0.2, 0.25) is 0 Å². The first-order valence-electron chi connectivity index (χ1n) is 9.03. The molecular formula is C21H22FNO4. The molecule has 0 aliphatic heterocycles. The lowest BCUT2D eigenvalue weighted by atomic mass is 9.79. The van der Waals surface area contributed by atoms with Crippen LogP contribution in [0.15, 0.2) is 48.5 Å². The maximum atomic E-state index is 14.4. The number of hydrogen-bond donors (Lipinski definition) is 2. The Hall–Kier alpha value is -2.89. The third-order valence-electron chi connectivity index (χ3n) is 4.99. The van der Waals surface area contributed by atoms with Gasteiger partial charge in [-0.05, 0) is 54.9 Å². The minimum Gasteiger partial charge on any atom is -0.481 e. The van der Waals surface area contributed by atoms with Crippen LogP contribution >= 0.6 is 0 Å². The monoisotopic (exact) mass is 371 g/mol. The molecule has 5 nitrogen and oxygen atoms in total. The van der Waals surface area contributed by atoms with Gasteiger partial charge in [-0.2, -0.15) is 0 Å². The second kappa shape index (κ2) is 8.66. The van der Waals surface area contributed by atoms with Crippen LogP contribution in [0.5, 0.6) is 0 Å². The Morgan fingerprint density at radius 3 is 2.41 bits per heavy atom. The van der Waals surface area contributed by atoms with Gasteiger partial charge in [0.05, 0.1) is 11.6 Å². The van der Waals surface area contributed by atoms with E-state index in [-0.39, 0.29) is 24.1 Å². The Labute approximate surface area is 157 Å². The molecular weight excluding hydrogens is 349 g/mol. The van der Waals surface area contributed by atoms with Crippen molar-refractivity contribution in [3.05, 3.63) is 65.5 Å². The molecule has 6 heteroatoms. The number of halogens is 1. The van der Waals surface area contributed by atoms with Gasteiger partial charge in [0, 0.05) is 0 Å². The Kier molecular flexibility index (Phi) is 6.06. The van der Waals surface area contributed by atoms with E-state index in [0.717, 1.165) is 24.0 Å². The minimum absolute atomic E-state index is 0.0658. The molecule has 1 aliphatic rings. The van der Waals surface area contributed by atoms with E-state index in [9.17, 15) is 14.0 Å². The minimum atomic E-state index is -0.756. The number of carbonyl (C=O) groups is 2. The number of nitrogens with one attached hydrogen (secondary N) is 1. The smallest absolute Gasteiger partial charge is 0.412 e. The zero-order valence-corrected chi connectivity index (χ0v) is 14.9. The van der Waals surface area contributed by atoms with Crippen molar-refractivity contribution in [1.82, 2.24) is 0 Å². The molecule has 1 aliphatic carbocycles. The van der Waals surface area contributed by atoms with Crippen LogP contribution in [0.2, 0.25) is 0 Å². The van der Waals surface area contributed by atoms with E-state index in [1.807, 2.05) is 30.3 Å². The molecule has 2 aromatic carbocycles. The number of hydrogen-bond acceptors (Lipinski definition) is 3. The first kappa shape index (κ1) is 18.9. The highest BCUT2D eigenvalue weighted by atomic mass is 19.1. The summed E-state index contributed by atoms with van der Waals surface area (Å²) in [5.74, 6) is -1.43. The summed E-state index contributed by atoms with van der Waals surface area (Å²) in [7, 11) is 0. The standard InChI is InChI=1S/C21H22FNO4/c22-18-12-17(15-6-8-16(9-7-15)20(24)25)10-11-19(18)23-21(26)27-13-14-4-2-1-3-5-14/h1-5,10-12,15-16H,6-9,13H2,(H,23,26)(H,24,25)/t15-,16+. The van der Waals surface area contributed by atoms with Crippen LogP contribution in [0, 0.1) is 11.7 Å². The predicted molar refractivity (Wildman–Crippen MR) is 99.0 cm³/mol. The van der Waals surface area contributed by atoms with Gasteiger partial charge in [-0.1, -0.05) is 36.4 Å². The number of carbonyl (C=O) groups excluding carboxylic acids is 1. The molecule has 1 fully saturated rings. The molecule has 0 heterocycles. The van der Waals surface area contributed by atoms with Crippen LogP contribution in [-0.2, 0) is 16.1 Å². The van der Waals surface area contributed by atoms with Gasteiger partial charge >= 0.3 is 12.1 Å². The maximum absolute atomic E-state index is 14.4. The highest BCUT2D eigenvalue weighted by Gasteiger charge is 2.27. The summed E-state index contributed by atoms with van der Waals surface area (Å²) >= 11 is 0. The van der Waals surface area contributed by atoms with Crippen molar-refractivity contribution in [2.45, 2.75) is 38.2 Å². The topological polar surface area (TPSA) is 75.6 Å². The molecule has 2 aromatic rings. The number of benzene rings is 2. The average molecular weight is 371 g/mol. The molecule has 1 amide bonds. The summed E-state index contributed by atoms with van der Waals surface area (Å²) < 4.78 is 19.5. The van der Waals surface area contributed by atoms with Gasteiger partial charge in [0.15, 0.2) is 0 Å². The Bertz CT molecular complexity index is 801. The van der Waals surface area contributed by atoms with Crippen molar-refractivity contribution in [1.29, 1.82) is 0 Å². The lowest BCUT2D eigenvalue weighted by Crippen LogP contribution is -2.20. The molecule has 27 heavy (non-hydrogen) atoms. The van der Waals surface area contributed by atoms with E-state index < -0.39 is 17.9 Å². The summed E-state index contributed by atoms with van der Waals surface area (Å²) in [5, 5.41) is 11.5. The summed E-state index contributed by atoms with van der Waals surface area (Å²) in [6.45, 7) is 0.110. The van der Waals surface area contributed by atoms with Crippen molar-refractivity contribution < 1.29 is 23.8 Å². The first-order chi connectivity index (χ1) is 13.0. The van der Waals surface area contributed by atoms with E-state index in [0.29, 0.717) is 12.8 Å². The fourth-order valence-electron chi connectivity index (χ4n) is 3.43. The van der Waals surface area contributed by atoms with Crippen molar-refractivity contribution >= 4 is 17.7 Å². The molecule has 0 aromatic heterocycles. The van der Waals surface area contributed by atoms with Gasteiger partial charge in [-0.25, -0.2) is 9.18 Å². The molecule has 2 N–H and O–H groups in total. The molecule has 0 atom stereocenters. The fraction of sp³-hybridized carbons (Fsp3) is 0.333. The van der Waals surface area contributed by atoms with Gasteiger partial charge in [-0.3, -0.25) is 10.1 Å². The highest BCUT2D eigenvalue weighted by molar-refractivity contribution is 5.84. The number of carboxylic acid groups (broad SMARTS) is 1. The molecule has 1 saturated carbocycles. The second-order valence-electron chi connectivity index (χ2n) is 6.81. The van der Waals surface area contributed by atoms with Gasteiger partial charge < -0.3 is 9.84 Å². The molecule has 0 saturated heterocycles. The summed E-state index contributed by atoms with van der Waals surface area (Å²) in [6.07, 6.45) is 1.94. The van der Waals surface area contributed by atoms with E-state index >= 15 is 0 Å². The van der Waals surface area contributed by atoms with Crippen molar-refractivity contribution in [2.75, 3.05) is 5.32 Å². The van der Waals surface area contributed by atoms with Crippen LogP contribution in [0.4, 0.5) is 14.9 Å². The fourth-order valence-corrected chi connectivity index (χ4v) is 3.43. The molecule has 0 bridgehead atoms. The summed E-state index contributed by atoms with van der Waals surface area (Å²) in [4.78, 5) is 22.9. The third kappa shape index (κ3) is 5.06. The van der Waals surface area contributed by atoms with Crippen LogP contribution in [0.3, 0.4) is 0 Å². The molecule has 0 radical (unpaired) electrons. The normalized spacial score (nSPS) is 19.3. The van der Waals surface area contributed by atoms with Crippen molar-refractivity contribution in [2.24, 2.45) is 5.92 Å². The van der Waals surface area contributed by atoms with E-state index in [1.54, 1.807) is 6.07 Å². The molecule has 3 rings (SSSR count). The molecule has 0 spiro atoms. The zero-order valence-electron chi connectivity index (χ0n) is 14.9. The van der Waals surface area contributed by atoms with Gasteiger partial charge in [0.25, 0.3) is 0 Å². The van der Waals surface area contributed by atoms with Crippen LogP contribution in [0.25, 0.3) is 0 Å². The number of ether oxygens (including phenoxy) is 1. The predicted octanol–water partition coefficient (Wildman–Crippen LogP) is 4.93. The van der Waals surface area contributed by atoms with Gasteiger partial charge in [-0.15, -0.1) is 0 Å².